The minimum Gasteiger partial charge on any atom is -0.346 e. The molecule has 3 rings (SSSR count). The van der Waals surface area contributed by atoms with Crippen molar-refractivity contribution in [1.82, 2.24) is 5.32 Å². The number of hydrogen-bond donors (Lipinski definition) is 2. The standard InChI is InChI=1S/C21H26N2O3S/c1-3-27(25,26)23-20-12-10-17(11-13-20)21(24)22-15(2)18-9-8-16-6-4-5-7-19(16)14-18/h8-15,23H,3-7H2,1-2H3,(H,22,24)/t15-/m1/s1. The molecule has 6 heteroatoms. The lowest BCUT2D eigenvalue weighted by Gasteiger charge is -2.20. The molecular formula is C21H26N2O3S. The Labute approximate surface area is 161 Å². The summed E-state index contributed by atoms with van der Waals surface area (Å²) in [7, 11) is -3.32. The van der Waals surface area contributed by atoms with Crippen LogP contribution in [0.5, 0.6) is 0 Å². The summed E-state index contributed by atoms with van der Waals surface area (Å²) >= 11 is 0. The molecule has 0 saturated heterocycles. The third-order valence-electron chi connectivity index (χ3n) is 5.02. The monoisotopic (exact) mass is 386 g/mol. The first kappa shape index (κ1) is 19.4. The zero-order valence-corrected chi connectivity index (χ0v) is 16.6. The van der Waals surface area contributed by atoms with Gasteiger partial charge in [0.25, 0.3) is 5.91 Å². The van der Waals surface area contributed by atoms with Gasteiger partial charge in [-0.25, -0.2) is 8.42 Å². The van der Waals surface area contributed by atoms with Gasteiger partial charge in [-0.3, -0.25) is 9.52 Å². The molecule has 0 spiro atoms. The van der Waals surface area contributed by atoms with Crippen molar-refractivity contribution in [3.8, 4) is 0 Å². The third kappa shape index (κ3) is 4.89. The maximum atomic E-state index is 12.5. The molecule has 27 heavy (non-hydrogen) atoms. The Morgan fingerprint density at radius 2 is 1.70 bits per heavy atom. The van der Waals surface area contributed by atoms with E-state index in [-0.39, 0.29) is 17.7 Å². The van der Waals surface area contributed by atoms with Gasteiger partial charge in [0.2, 0.25) is 10.0 Å². The van der Waals surface area contributed by atoms with E-state index in [1.165, 1.54) is 24.0 Å². The average molecular weight is 387 g/mol. The summed E-state index contributed by atoms with van der Waals surface area (Å²) in [5.41, 5.74) is 4.88. The van der Waals surface area contributed by atoms with E-state index in [1.807, 2.05) is 6.92 Å². The van der Waals surface area contributed by atoms with Crippen LogP contribution in [0.3, 0.4) is 0 Å². The number of sulfonamides is 1. The van der Waals surface area contributed by atoms with E-state index < -0.39 is 10.0 Å². The lowest BCUT2D eigenvalue weighted by atomic mass is 9.89. The number of nitrogens with one attached hydrogen (secondary N) is 2. The van der Waals surface area contributed by atoms with Gasteiger partial charge >= 0.3 is 0 Å². The molecule has 1 amide bonds. The summed E-state index contributed by atoms with van der Waals surface area (Å²) in [6, 6.07) is 12.9. The number of fused-ring (bicyclic) bond motifs is 1. The summed E-state index contributed by atoms with van der Waals surface area (Å²) in [6.07, 6.45) is 4.73. The minimum atomic E-state index is -3.32. The van der Waals surface area contributed by atoms with Gasteiger partial charge in [-0.15, -0.1) is 0 Å². The number of rotatable bonds is 6. The van der Waals surface area contributed by atoms with Gasteiger partial charge < -0.3 is 5.32 Å². The summed E-state index contributed by atoms with van der Waals surface area (Å²) in [6.45, 7) is 3.55. The van der Waals surface area contributed by atoms with Crippen molar-refractivity contribution in [1.29, 1.82) is 0 Å². The summed E-state index contributed by atoms with van der Waals surface area (Å²) in [5.74, 6) is -0.168. The van der Waals surface area contributed by atoms with Crippen molar-refractivity contribution in [2.24, 2.45) is 0 Å². The molecule has 2 aromatic rings. The molecule has 0 fully saturated rings. The van der Waals surface area contributed by atoms with E-state index in [0.717, 1.165) is 18.4 Å². The molecule has 1 aliphatic rings. The molecule has 2 aromatic carbocycles. The largest absolute Gasteiger partial charge is 0.346 e. The Morgan fingerprint density at radius 3 is 2.37 bits per heavy atom. The molecule has 0 radical (unpaired) electrons. The van der Waals surface area contributed by atoms with Gasteiger partial charge in [-0.2, -0.15) is 0 Å². The van der Waals surface area contributed by atoms with E-state index >= 15 is 0 Å². The van der Waals surface area contributed by atoms with Crippen LogP contribution in [-0.2, 0) is 22.9 Å². The third-order valence-corrected chi connectivity index (χ3v) is 6.33. The van der Waals surface area contributed by atoms with Crippen molar-refractivity contribution in [3.05, 3.63) is 64.7 Å². The molecular weight excluding hydrogens is 360 g/mol. The number of amides is 1. The summed E-state index contributed by atoms with van der Waals surface area (Å²) < 4.78 is 25.7. The minimum absolute atomic E-state index is 0.00747. The van der Waals surface area contributed by atoms with Gasteiger partial charge in [-0.1, -0.05) is 18.2 Å². The van der Waals surface area contributed by atoms with Crippen LogP contribution in [-0.4, -0.2) is 20.1 Å². The topological polar surface area (TPSA) is 75.3 Å². The SMILES string of the molecule is CCS(=O)(=O)Nc1ccc(C(=O)N[C@H](C)c2ccc3c(c2)CCCC3)cc1. The Bertz CT molecular complexity index is 921. The second-order valence-corrected chi connectivity index (χ2v) is 9.02. The van der Waals surface area contributed by atoms with Crippen LogP contribution in [0, 0.1) is 0 Å². The number of carbonyl (C=O) groups excluding carboxylic acids is 1. The molecule has 5 nitrogen and oxygen atoms in total. The number of carbonyl (C=O) groups is 1. The second kappa shape index (κ2) is 8.13. The van der Waals surface area contributed by atoms with E-state index in [4.69, 9.17) is 0 Å². The van der Waals surface area contributed by atoms with Gasteiger partial charge in [0.1, 0.15) is 0 Å². The average Bonchev–Trinajstić information content (AvgIpc) is 2.67. The highest BCUT2D eigenvalue weighted by Gasteiger charge is 2.15. The Hall–Kier alpha value is -2.34. The lowest BCUT2D eigenvalue weighted by molar-refractivity contribution is 0.0940. The molecule has 0 saturated carbocycles. The van der Waals surface area contributed by atoms with Crippen LogP contribution < -0.4 is 10.0 Å². The van der Waals surface area contributed by atoms with Crippen molar-refractivity contribution in [3.63, 3.8) is 0 Å². The molecule has 0 aromatic heterocycles. The summed E-state index contributed by atoms with van der Waals surface area (Å²) in [5, 5.41) is 3.02. The quantitative estimate of drug-likeness (QED) is 0.792. The van der Waals surface area contributed by atoms with Crippen molar-refractivity contribution < 1.29 is 13.2 Å². The second-order valence-electron chi connectivity index (χ2n) is 7.01. The maximum Gasteiger partial charge on any atom is 0.251 e. The van der Waals surface area contributed by atoms with Crippen molar-refractivity contribution in [2.45, 2.75) is 45.6 Å². The van der Waals surface area contributed by atoms with Gasteiger partial charge in [0, 0.05) is 11.3 Å². The van der Waals surface area contributed by atoms with Crippen LogP contribution >= 0.6 is 0 Å². The van der Waals surface area contributed by atoms with Crippen LogP contribution in [0.4, 0.5) is 5.69 Å². The van der Waals surface area contributed by atoms with Crippen LogP contribution in [0.2, 0.25) is 0 Å². The molecule has 0 aliphatic heterocycles. The van der Waals surface area contributed by atoms with Gasteiger partial charge in [0.05, 0.1) is 11.8 Å². The van der Waals surface area contributed by atoms with E-state index in [9.17, 15) is 13.2 Å². The maximum absolute atomic E-state index is 12.5. The first-order valence-corrected chi connectivity index (χ1v) is 11.1. The predicted molar refractivity (Wildman–Crippen MR) is 108 cm³/mol. The van der Waals surface area contributed by atoms with Gasteiger partial charge in [0.15, 0.2) is 0 Å². The van der Waals surface area contributed by atoms with Gasteiger partial charge in [-0.05, 0) is 80.5 Å². The van der Waals surface area contributed by atoms with Crippen LogP contribution in [0.15, 0.2) is 42.5 Å². The Morgan fingerprint density at radius 1 is 1.04 bits per heavy atom. The fraction of sp³-hybridized carbons (Fsp3) is 0.381. The predicted octanol–water partition coefficient (Wildman–Crippen LogP) is 3.82. The number of aryl methyl sites for hydroxylation is 2. The molecule has 0 heterocycles. The highest BCUT2D eigenvalue weighted by Crippen LogP contribution is 2.25. The molecule has 1 aliphatic carbocycles. The zero-order valence-electron chi connectivity index (χ0n) is 15.8. The molecule has 0 unspecified atom stereocenters. The number of hydrogen-bond acceptors (Lipinski definition) is 3. The van der Waals surface area contributed by atoms with Crippen LogP contribution in [0.25, 0.3) is 0 Å². The smallest absolute Gasteiger partial charge is 0.251 e. The van der Waals surface area contributed by atoms with E-state index in [0.29, 0.717) is 11.3 Å². The first-order valence-electron chi connectivity index (χ1n) is 9.41. The molecule has 1 atom stereocenters. The normalized spacial score (nSPS) is 14.9. The summed E-state index contributed by atoms with van der Waals surface area (Å²) in [4.78, 5) is 12.5. The Balaban J connectivity index is 1.66. The molecule has 0 bridgehead atoms. The van der Waals surface area contributed by atoms with Crippen molar-refractivity contribution in [2.75, 3.05) is 10.5 Å². The fourth-order valence-electron chi connectivity index (χ4n) is 3.33. The fourth-order valence-corrected chi connectivity index (χ4v) is 3.97. The molecule has 144 valence electrons. The molecule has 2 N–H and O–H groups in total. The first-order chi connectivity index (χ1) is 12.9. The highest BCUT2D eigenvalue weighted by molar-refractivity contribution is 7.92. The zero-order chi connectivity index (χ0) is 19.4. The van der Waals surface area contributed by atoms with Crippen LogP contribution in [0.1, 0.15) is 59.8 Å². The number of anilines is 1. The van der Waals surface area contributed by atoms with Crippen molar-refractivity contribution >= 4 is 21.6 Å². The lowest BCUT2D eigenvalue weighted by Crippen LogP contribution is -2.26. The highest BCUT2D eigenvalue weighted by atomic mass is 32.2. The van der Waals surface area contributed by atoms with E-state index in [2.05, 4.69) is 28.2 Å². The van der Waals surface area contributed by atoms with E-state index in [1.54, 1.807) is 31.2 Å². The number of benzene rings is 2. The Kier molecular flexibility index (Phi) is 5.85.